The van der Waals surface area contributed by atoms with Crippen LogP contribution in [0.4, 0.5) is 6.01 Å². The van der Waals surface area contributed by atoms with Gasteiger partial charge < -0.3 is 14.4 Å². The summed E-state index contributed by atoms with van der Waals surface area (Å²) in [4.78, 5) is 6.28. The predicted octanol–water partition coefficient (Wildman–Crippen LogP) is 1.40. The third-order valence-electron chi connectivity index (χ3n) is 2.62. The number of hydrogen-bond donors (Lipinski definition) is 1. The van der Waals surface area contributed by atoms with Crippen LogP contribution in [0.1, 0.15) is 6.92 Å². The van der Waals surface area contributed by atoms with E-state index in [0.29, 0.717) is 19.1 Å². The van der Waals surface area contributed by atoms with Crippen molar-refractivity contribution in [3.8, 4) is 0 Å². The molecule has 2 aromatic rings. The topological polar surface area (TPSA) is 49.5 Å². The molecule has 1 aromatic heterocycles. The van der Waals surface area contributed by atoms with E-state index in [0.717, 1.165) is 11.1 Å². The summed E-state index contributed by atoms with van der Waals surface area (Å²) in [6.07, 6.45) is 0. The summed E-state index contributed by atoms with van der Waals surface area (Å²) in [6, 6.07) is 8.26. The lowest BCUT2D eigenvalue weighted by Gasteiger charge is -2.42. The van der Waals surface area contributed by atoms with Crippen LogP contribution < -0.4 is 4.90 Å². The predicted molar refractivity (Wildman–Crippen MR) is 56.8 cm³/mol. The van der Waals surface area contributed by atoms with E-state index in [1.807, 2.05) is 36.1 Å². The van der Waals surface area contributed by atoms with Crippen molar-refractivity contribution in [1.82, 2.24) is 4.98 Å². The Morgan fingerprint density at radius 2 is 2.13 bits per heavy atom. The molecule has 4 heteroatoms. The Kier molecular flexibility index (Phi) is 1.59. The van der Waals surface area contributed by atoms with Gasteiger partial charge in [-0.15, -0.1) is 0 Å². The molecule has 1 aliphatic heterocycles. The van der Waals surface area contributed by atoms with Crippen LogP contribution in [-0.2, 0) is 0 Å². The average molecular weight is 204 g/mol. The van der Waals surface area contributed by atoms with Gasteiger partial charge in [-0.3, -0.25) is 0 Å². The van der Waals surface area contributed by atoms with E-state index >= 15 is 0 Å². The molecule has 0 aliphatic carbocycles. The molecule has 78 valence electrons. The van der Waals surface area contributed by atoms with Gasteiger partial charge in [0.25, 0.3) is 6.01 Å². The quantitative estimate of drug-likeness (QED) is 0.762. The first-order chi connectivity index (χ1) is 7.14. The lowest BCUT2D eigenvalue weighted by Crippen LogP contribution is -2.60. The molecule has 1 N–H and O–H groups in total. The zero-order valence-electron chi connectivity index (χ0n) is 8.47. The number of hydrogen-bond acceptors (Lipinski definition) is 4. The van der Waals surface area contributed by atoms with Gasteiger partial charge in [-0.25, -0.2) is 0 Å². The number of aromatic nitrogens is 1. The van der Waals surface area contributed by atoms with Crippen molar-refractivity contribution in [2.45, 2.75) is 12.5 Å². The number of oxazole rings is 1. The second-order valence-corrected chi connectivity index (χ2v) is 4.32. The number of rotatable bonds is 1. The largest absolute Gasteiger partial charge is 0.423 e. The fourth-order valence-corrected chi connectivity index (χ4v) is 1.91. The van der Waals surface area contributed by atoms with Gasteiger partial charge in [-0.1, -0.05) is 12.1 Å². The molecule has 0 amide bonds. The van der Waals surface area contributed by atoms with Crippen molar-refractivity contribution in [1.29, 1.82) is 0 Å². The van der Waals surface area contributed by atoms with Crippen molar-refractivity contribution in [2.75, 3.05) is 18.0 Å². The van der Waals surface area contributed by atoms with Gasteiger partial charge in [0.1, 0.15) is 5.52 Å². The van der Waals surface area contributed by atoms with Crippen LogP contribution >= 0.6 is 0 Å². The van der Waals surface area contributed by atoms with Crippen LogP contribution in [0.3, 0.4) is 0 Å². The van der Waals surface area contributed by atoms with Gasteiger partial charge in [0, 0.05) is 0 Å². The normalized spacial score (nSPS) is 19.2. The Balaban J connectivity index is 1.93. The Hall–Kier alpha value is -1.55. The molecule has 0 radical (unpaired) electrons. The molecule has 0 unspecified atom stereocenters. The van der Waals surface area contributed by atoms with Crippen molar-refractivity contribution in [3.63, 3.8) is 0 Å². The molecule has 15 heavy (non-hydrogen) atoms. The zero-order valence-corrected chi connectivity index (χ0v) is 8.47. The summed E-state index contributed by atoms with van der Waals surface area (Å²) in [5.41, 5.74) is 1.05. The number of para-hydroxylation sites is 2. The molecule has 1 aliphatic rings. The number of anilines is 1. The summed E-state index contributed by atoms with van der Waals surface area (Å²) < 4.78 is 5.57. The van der Waals surface area contributed by atoms with Crippen LogP contribution in [0.5, 0.6) is 0 Å². The van der Waals surface area contributed by atoms with Crippen molar-refractivity contribution in [3.05, 3.63) is 24.3 Å². The average Bonchev–Trinajstić information content (AvgIpc) is 2.56. The third-order valence-corrected chi connectivity index (χ3v) is 2.62. The van der Waals surface area contributed by atoms with E-state index in [1.165, 1.54) is 0 Å². The first kappa shape index (κ1) is 8.73. The molecule has 0 saturated carbocycles. The molecular formula is C11H12N2O2. The van der Waals surface area contributed by atoms with E-state index < -0.39 is 5.60 Å². The highest BCUT2D eigenvalue weighted by molar-refractivity contribution is 5.74. The minimum atomic E-state index is -0.597. The number of benzene rings is 1. The van der Waals surface area contributed by atoms with Crippen LogP contribution in [0.15, 0.2) is 28.7 Å². The second-order valence-electron chi connectivity index (χ2n) is 4.32. The van der Waals surface area contributed by atoms with Gasteiger partial charge in [-0.05, 0) is 19.1 Å². The van der Waals surface area contributed by atoms with Crippen LogP contribution in [0.2, 0.25) is 0 Å². The van der Waals surface area contributed by atoms with Crippen molar-refractivity contribution in [2.24, 2.45) is 0 Å². The maximum absolute atomic E-state index is 9.61. The smallest absolute Gasteiger partial charge is 0.298 e. The first-order valence-electron chi connectivity index (χ1n) is 4.97. The minimum absolute atomic E-state index is 0.583. The summed E-state index contributed by atoms with van der Waals surface area (Å²) in [5.74, 6) is 0. The molecule has 0 spiro atoms. The SMILES string of the molecule is CC1(O)CN(c2nc3ccccc3o2)C1. The third kappa shape index (κ3) is 1.37. The van der Waals surface area contributed by atoms with Crippen molar-refractivity contribution < 1.29 is 9.52 Å². The Morgan fingerprint density at radius 3 is 2.80 bits per heavy atom. The van der Waals surface area contributed by atoms with E-state index in [-0.39, 0.29) is 0 Å². The number of aliphatic hydroxyl groups is 1. The molecule has 1 aromatic carbocycles. The van der Waals surface area contributed by atoms with Crippen molar-refractivity contribution >= 4 is 17.1 Å². The second kappa shape index (κ2) is 2.73. The number of nitrogens with zero attached hydrogens (tertiary/aromatic N) is 2. The van der Waals surface area contributed by atoms with Crippen LogP contribution in [0.25, 0.3) is 11.1 Å². The highest BCUT2D eigenvalue weighted by Gasteiger charge is 2.38. The molecule has 2 heterocycles. The molecule has 1 fully saturated rings. The monoisotopic (exact) mass is 204 g/mol. The van der Waals surface area contributed by atoms with Gasteiger partial charge in [0.2, 0.25) is 0 Å². The Morgan fingerprint density at radius 1 is 1.40 bits per heavy atom. The Labute approximate surface area is 87.1 Å². The first-order valence-corrected chi connectivity index (χ1v) is 4.97. The molecule has 3 rings (SSSR count). The zero-order chi connectivity index (χ0) is 10.5. The lowest BCUT2D eigenvalue weighted by atomic mass is 9.98. The van der Waals surface area contributed by atoms with Crippen LogP contribution in [0, 0.1) is 0 Å². The van der Waals surface area contributed by atoms with E-state index in [2.05, 4.69) is 4.98 Å². The Bertz CT molecular complexity index is 463. The van der Waals surface area contributed by atoms with E-state index in [1.54, 1.807) is 0 Å². The summed E-state index contributed by atoms with van der Waals surface area (Å²) in [6.45, 7) is 2.98. The molecule has 1 saturated heterocycles. The summed E-state index contributed by atoms with van der Waals surface area (Å²) >= 11 is 0. The number of β-amino-alcohol motifs (C(OH)–C–C–N with tert-alkyl or cyclic N) is 1. The standard InChI is InChI=1S/C11H12N2O2/c1-11(14)6-13(7-11)10-12-8-4-2-3-5-9(8)15-10/h2-5,14H,6-7H2,1H3. The van der Waals surface area contributed by atoms with Gasteiger partial charge in [0.05, 0.1) is 18.7 Å². The van der Waals surface area contributed by atoms with Gasteiger partial charge in [0.15, 0.2) is 5.58 Å². The molecular weight excluding hydrogens is 192 g/mol. The summed E-state index contributed by atoms with van der Waals surface area (Å²) in [5, 5.41) is 9.61. The fourth-order valence-electron chi connectivity index (χ4n) is 1.91. The fraction of sp³-hybridized carbons (Fsp3) is 0.364. The number of fused-ring (bicyclic) bond motifs is 1. The van der Waals surface area contributed by atoms with Gasteiger partial charge in [-0.2, -0.15) is 4.98 Å². The minimum Gasteiger partial charge on any atom is -0.423 e. The highest BCUT2D eigenvalue weighted by Crippen LogP contribution is 2.29. The molecule has 4 nitrogen and oxygen atoms in total. The van der Waals surface area contributed by atoms with Crippen LogP contribution in [-0.4, -0.2) is 28.8 Å². The molecule has 0 atom stereocenters. The maximum atomic E-state index is 9.61. The van der Waals surface area contributed by atoms with E-state index in [9.17, 15) is 5.11 Å². The lowest BCUT2D eigenvalue weighted by molar-refractivity contribution is 0.0280. The summed E-state index contributed by atoms with van der Waals surface area (Å²) in [7, 11) is 0. The van der Waals surface area contributed by atoms with Gasteiger partial charge >= 0.3 is 0 Å². The highest BCUT2D eigenvalue weighted by atomic mass is 16.4. The maximum Gasteiger partial charge on any atom is 0.298 e. The molecule has 0 bridgehead atoms. The van der Waals surface area contributed by atoms with E-state index in [4.69, 9.17) is 4.42 Å².